The number of oxime groups is 1. The van der Waals surface area contributed by atoms with E-state index in [9.17, 15) is 29.1 Å². The smallest absolute Gasteiger partial charge is 0.352 e. The lowest BCUT2D eigenvalue weighted by Gasteiger charge is -2.49. The van der Waals surface area contributed by atoms with E-state index < -0.39 is 29.2 Å². The zero-order valence-corrected chi connectivity index (χ0v) is 18.1. The Labute approximate surface area is 188 Å². The predicted molar refractivity (Wildman–Crippen MR) is 112 cm³/mol. The Kier molecular flexibility index (Phi) is 7.42. The van der Waals surface area contributed by atoms with Crippen LogP contribution in [0.3, 0.4) is 0 Å². The number of thioether (sulfide) groups is 1. The summed E-state index contributed by atoms with van der Waals surface area (Å²) in [7, 11) is 0. The molecule has 3 rings (SSSR count). The molecule has 170 valence electrons. The summed E-state index contributed by atoms with van der Waals surface area (Å²) in [5.74, 6) is -2.16. The van der Waals surface area contributed by atoms with Gasteiger partial charge < -0.3 is 25.3 Å². The zero-order valence-electron chi connectivity index (χ0n) is 16.5. The number of hydrogen-bond donors (Lipinski definition) is 3. The van der Waals surface area contributed by atoms with Crippen molar-refractivity contribution >= 4 is 64.6 Å². The van der Waals surface area contributed by atoms with Gasteiger partial charge >= 0.3 is 5.97 Å². The van der Waals surface area contributed by atoms with Crippen molar-refractivity contribution in [3.05, 3.63) is 22.3 Å². The molecular formula is C17H17N5O8S2. The van der Waals surface area contributed by atoms with E-state index in [4.69, 9.17) is 4.84 Å². The van der Waals surface area contributed by atoms with Crippen LogP contribution in [0.15, 0.2) is 21.8 Å². The minimum absolute atomic E-state index is 0.0787. The number of carbonyl (C=O) groups is 5. The van der Waals surface area contributed by atoms with E-state index in [1.807, 2.05) is 0 Å². The van der Waals surface area contributed by atoms with Gasteiger partial charge in [-0.2, -0.15) is 0 Å². The first-order valence-electron chi connectivity index (χ1n) is 8.99. The lowest BCUT2D eigenvalue weighted by atomic mass is 10.0. The second-order valence-corrected chi connectivity index (χ2v) is 8.30. The van der Waals surface area contributed by atoms with Crippen molar-refractivity contribution in [1.29, 1.82) is 0 Å². The third-order valence-electron chi connectivity index (χ3n) is 4.31. The first kappa shape index (κ1) is 23.2. The van der Waals surface area contributed by atoms with Crippen LogP contribution in [0.25, 0.3) is 0 Å². The van der Waals surface area contributed by atoms with Gasteiger partial charge in [0.15, 0.2) is 17.5 Å². The first-order chi connectivity index (χ1) is 15.4. The van der Waals surface area contributed by atoms with Crippen LogP contribution < -0.4 is 10.6 Å². The van der Waals surface area contributed by atoms with Gasteiger partial charge in [0.2, 0.25) is 6.41 Å². The van der Waals surface area contributed by atoms with Crippen molar-refractivity contribution in [1.82, 2.24) is 15.2 Å². The summed E-state index contributed by atoms with van der Waals surface area (Å²) in [6, 6.07) is -0.968. The lowest BCUT2D eigenvalue weighted by Crippen LogP contribution is -2.71. The largest absolute Gasteiger partial charge is 0.477 e. The summed E-state index contributed by atoms with van der Waals surface area (Å²) in [6.45, 7) is 1.63. The molecule has 1 unspecified atom stereocenters. The molecule has 0 aliphatic carbocycles. The maximum Gasteiger partial charge on any atom is 0.352 e. The molecule has 13 nitrogen and oxygen atoms in total. The molecule has 3 amide bonds. The van der Waals surface area contributed by atoms with Crippen molar-refractivity contribution in [3.63, 3.8) is 0 Å². The van der Waals surface area contributed by atoms with Crippen molar-refractivity contribution in [2.24, 2.45) is 5.16 Å². The normalized spacial score (nSPS) is 20.1. The maximum absolute atomic E-state index is 12.9. The SMILES string of the molecule is CC1=C(C(=O)O)N2C(=O)C(NC(=O)C(=NOCCOC=O)c3csc(NC=O)n3)[C@@H]2SC1. The van der Waals surface area contributed by atoms with E-state index in [2.05, 4.69) is 25.5 Å². The number of hydrogen-bond acceptors (Lipinski definition) is 11. The highest BCUT2D eigenvalue weighted by Crippen LogP contribution is 2.40. The molecule has 0 aromatic carbocycles. The number of fused-ring (bicyclic) bond motifs is 1. The Morgan fingerprint density at radius 1 is 1.41 bits per heavy atom. The van der Waals surface area contributed by atoms with Gasteiger partial charge in [0.05, 0.1) is 0 Å². The molecule has 0 bridgehead atoms. The average Bonchev–Trinajstić information content (AvgIpc) is 3.22. The topological polar surface area (TPSA) is 177 Å². The Balaban J connectivity index is 1.76. The van der Waals surface area contributed by atoms with Crippen LogP contribution in [0.5, 0.6) is 0 Å². The number of aromatic nitrogens is 1. The minimum Gasteiger partial charge on any atom is -0.477 e. The fraction of sp³-hybridized carbons (Fsp3) is 0.353. The molecular weight excluding hydrogens is 466 g/mol. The molecule has 15 heteroatoms. The third-order valence-corrected chi connectivity index (χ3v) is 6.51. The molecule has 1 aromatic heterocycles. The third kappa shape index (κ3) is 4.72. The van der Waals surface area contributed by atoms with Gasteiger partial charge in [0.25, 0.3) is 18.3 Å². The number of carboxylic acids is 1. The number of nitrogens with zero attached hydrogens (tertiary/aromatic N) is 3. The van der Waals surface area contributed by atoms with Crippen molar-refractivity contribution in [2.45, 2.75) is 18.3 Å². The van der Waals surface area contributed by atoms with E-state index >= 15 is 0 Å². The Bertz CT molecular complexity index is 1010. The van der Waals surface area contributed by atoms with E-state index in [1.54, 1.807) is 6.92 Å². The van der Waals surface area contributed by atoms with Crippen molar-refractivity contribution in [2.75, 3.05) is 24.3 Å². The standard InChI is InChI=1S/C17H17N5O8S2/c1-8-4-31-15-11(14(26)22(15)12(8)16(27)28)20-13(25)10(21-30-3-2-29-7-24)9-5-32-17(19-9)18-6-23/h5-7,11,15H,2-4H2,1H3,(H,20,25)(H,27,28)(H,18,19,23)/t11?,15-/m0/s1. The van der Waals surface area contributed by atoms with Crippen LogP contribution in [0.2, 0.25) is 0 Å². The summed E-state index contributed by atoms with van der Waals surface area (Å²) in [5, 5.41) is 19.1. The Morgan fingerprint density at radius 2 is 2.19 bits per heavy atom. The molecule has 2 aliphatic heterocycles. The predicted octanol–water partition coefficient (Wildman–Crippen LogP) is -0.636. The molecule has 32 heavy (non-hydrogen) atoms. The van der Waals surface area contributed by atoms with Crippen LogP contribution in [0, 0.1) is 0 Å². The van der Waals surface area contributed by atoms with Gasteiger partial charge in [-0.1, -0.05) is 5.16 Å². The van der Waals surface area contributed by atoms with Gasteiger partial charge in [-0.3, -0.25) is 24.1 Å². The number of thiazole rings is 1. The van der Waals surface area contributed by atoms with Gasteiger partial charge in [-0.25, -0.2) is 9.78 Å². The van der Waals surface area contributed by atoms with Crippen LogP contribution in [0.1, 0.15) is 12.6 Å². The highest BCUT2D eigenvalue weighted by atomic mass is 32.2. The molecule has 0 radical (unpaired) electrons. The number of β-lactam (4-membered cyclic amide) rings is 1. The molecule has 1 fully saturated rings. The fourth-order valence-corrected chi connectivity index (χ4v) is 4.88. The van der Waals surface area contributed by atoms with Crippen molar-refractivity contribution < 1.29 is 38.7 Å². The van der Waals surface area contributed by atoms with Gasteiger partial charge in [-0.05, 0) is 12.5 Å². The molecule has 2 aliphatic rings. The molecule has 2 atom stereocenters. The summed E-state index contributed by atoms with van der Waals surface area (Å²) >= 11 is 2.36. The van der Waals surface area contributed by atoms with E-state index in [-0.39, 0.29) is 41.9 Å². The number of carboxylic acid groups (broad SMARTS) is 1. The number of aliphatic carboxylic acids is 1. The molecule has 3 heterocycles. The van der Waals surface area contributed by atoms with Crippen molar-refractivity contribution in [3.8, 4) is 0 Å². The molecule has 1 aromatic rings. The molecule has 3 N–H and O–H groups in total. The van der Waals surface area contributed by atoms with E-state index in [0.29, 0.717) is 17.7 Å². The lowest BCUT2D eigenvalue weighted by molar-refractivity contribution is -0.150. The van der Waals surface area contributed by atoms with E-state index in [1.165, 1.54) is 17.1 Å². The van der Waals surface area contributed by atoms with Crippen LogP contribution in [0.4, 0.5) is 5.13 Å². The monoisotopic (exact) mass is 483 g/mol. The number of anilines is 1. The average molecular weight is 483 g/mol. The summed E-state index contributed by atoms with van der Waals surface area (Å²) in [5.41, 5.74) is 0.280. The molecule has 0 saturated carbocycles. The number of ether oxygens (including phenoxy) is 1. The Morgan fingerprint density at radius 3 is 2.88 bits per heavy atom. The summed E-state index contributed by atoms with van der Waals surface area (Å²) in [4.78, 5) is 68.0. The minimum atomic E-state index is -1.21. The number of nitrogens with one attached hydrogen (secondary N) is 2. The maximum atomic E-state index is 12.9. The van der Waals surface area contributed by atoms with Gasteiger partial charge in [0, 0.05) is 11.1 Å². The number of amides is 3. The van der Waals surface area contributed by atoms with Gasteiger partial charge in [-0.15, -0.1) is 23.1 Å². The molecule has 1 saturated heterocycles. The van der Waals surface area contributed by atoms with E-state index in [0.717, 1.165) is 16.2 Å². The quantitative estimate of drug-likeness (QED) is 0.121. The highest BCUT2D eigenvalue weighted by molar-refractivity contribution is 8.00. The van der Waals surface area contributed by atoms with Crippen LogP contribution >= 0.6 is 23.1 Å². The second-order valence-electron chi connectivity index (χ2n) is 6.34. The zero-order chi connectivity index (χ0) is 23.3. The van der Waals surface area contributed by atoms with Crippen LogP contribution in [-0.4, -0.2) is 81.8 Å². The van der Waals surface area contributed by atoms with Gasteiger partial charge in [0.1, 0.15) is 29.4 Å². The fourth-order valence-electron chi connectivity index (χ4n) is 2.93. The van der Waals surface area contributed by atoms with Crippen LogP contribution in [-0.2, 0) is 33.5 Å². The number of rotatable bonds is 11. The Hall–Kier alpha value is -3.46. The molecule has 0 spiro atoms. The number of carbonyl (C=O) groups excluding carboxylic acids is 4. The first-order valence-corrected chi connectivity index (χ1v) is 10.9. The summed E-state index contributed by atoms with van der Waals surface area (Å²) < 4.78 is 4.48. The summed E-state index contributed by atoms with van der Waals surface area (Å²) in [6.07, 6.45) is 0.421. The second kappa shape index (κ2) is 10.2. The highest BCUT2D eigenvalue weighted by Gasteiger charge is 2.54.